The van der Waals surface area contributed by atoms with E-state index in [2.05, 4.69) is 20.8 Å². The normalized spacial score (nSPS) is 17.9. The molecule has 1 aromatic carbocycles. The molecule has 0 spiro atoms. The van der Waals surface area contributed by atoms with Gasteiger partial charge in [-0.3, -0.25) is 9.69 Å². The first kappa shape index (κ1) is 13.7. The third-order valence-corrected chi connectivity index (χ3v) is 3.97. The maximum Gasteiger partial charge on any atom is 0.176 e. The molecule has 3 nitrogen and oxygen atoms in total. The van der Waals surface area contributed by atoms with Gasteiger partial charge in [0, 0.05) is 16.6 Å². The first-order valence-electron chi connectivity index (χ1n) is 6.31. The van der Waals surface area contributed by atoms with Crippen LogP contribution in [0, 0.1) is 5.92 Å². The summed E-state index contributed by atoms with van der Waals surface area (Å²) in [7, 11) is 0. The minimum Gasteiger partial charge on any atom is -0.396 e. The van der Waals surface area contributed by atoms with Crippen molar-refractivity contribution < 1.29 is 9.90 Å². The van der Waals surface area contributed by atoms with E-state index in [0.29, 0.717) is 12.5 Å². The zero-order valence-corrected chi connectivity index (χ0v) is 11.9. The van der Waals surface area contributed by atoms with Crippen molar-refractivity contribution in [1.29, 1.82) is 0 Å². The summed E-state index contributed by atoms with van der Waals surface area (Å²) >= 11 is 3.38. The van der Waals surface area contributed by atoms with Gasteiger partial charge in [0.2, 0.25) is 0 Å². The summed E-state index contributed by atoms with van der Waals surface area (Å²) in [4.78, 5) is 14.3. The predicted molar refractivity (Wildman–Crippen MR) is 74.7 cm³/mol. The van der Waals surface area contributed by atoms with E-state index in [0.717, 1.165) is 36.0 Å². The summed E-state index contributed by atoms with van der Waals surface area (Å²) in [6.45, 7) is 2.57. The zero-order chi connectivity index (χ0) is 13.0. The van der Waals surface area contributed by atoms with Crippen LogP contribution in [0.1, 0.15) is 23.2 Å². The van der Waals surface area contributed by atoms with Gasteiger partial charge in [-0.1, -0.05) is 28.1 Å². The SMILES string of the molecule is O=C(CN1CCC(CO)CC1)c1cccc(Br)c1. The quantitative estimate of drug-likeness (QED) is 0.868. The van der Waals surface area contributed by atoms with Crippen LogP contribution in [-0.2, 0) is 0 Å². The fraction of sp³-hybridized carbons (Fsp3) is 0.500. The number of aliphatic hydroxyl groups is 1. The number of benzene rings is 1. The van der Waals surface area contributed by atoms with Crippen LogP contribution in [0.4, 0.5) is 0 Å². The second-order valence-corrected chi connectivity index (χ2v) is 5.75. The Bertz CT molecular complexity index is 414. The van der Waals surface area contributed by atoms with Gasteiger partial charge in [-0.15, -0.1) is 0 Å². The number of ketones is 1. The molecule has 98 valence electrons. The number of aliphatic hydroxyl groups excluding tert-OH is 1. The van der Waals surface area contributed by atoms with E-state index in [1.807, 2.05) is 24.3 Å². The highest BCUT2D eigenvalue weighted by molar-refractivity contribution is 9.10. The molecule has 1 N–H and O–H groups in total. The number of rotatable bonds is 4. The molecule has 1 aliphatic rings. The fourth-order valence-corrected chi connectivity index (χ4v) is 2.68. The van der Waals surface area contributed by atoms with E-state index in [1.165, 1.54) is 0 Å². The predicted octanol–water partition coefficient (Wildman–Crippen LogP) is 2.34. The van der Waals surface area contributed by atoms with Gasteiger partial charge < -0.3 is 5.11 Å². The van der Waals surface area contributed by atoms with Crippen LogP contribution in [0.25, 0.3) is 0 Å². The second kappa shape index (κ2) is 6.45. The van der Waals surface area contributed by atoms with Crippen molar-refractivity contribution in [3.8, 4) is 0 Å². The Balaban J connectivity index is 1.89. The van der Waals surface area contributed by atoms with Gasteiger partial charge in [0.05, 0.1) is 6.54 Å². The largest absolute Gasteiger partial charge is 0.396 e. The molecule has 0 aliphatic carbocycles. The molecule has 1 aliphatic heterocycles. The summed E-state index contributed by atoms with van der Waals surface area (Å²) in [6.07, 6.45) is 1.98. The molecule has 1 fully saturated rings. The van der Waals surface area contributed by atoms with Gasteiger partial charge in [0.15, 0.2) is 5.78 Å². The van der Waals surface area contributed by atoms with E-state index >= 15 is 0 Å². The van der Waals surface area contributed by atoms with Gasteiger partial charge in [0.1, 0.15) is 0 Å². The summed E-state index contributed by atoms with van der Waals surface area (Å²) in [5.41, 5.74) is 0.758. The number of hydrogen-bond donors (Lipinski definition) is 1. The summed E-state index contributed by atoms with van der Waals surface area (Å²) in [5.74, 6) is 0.584. The van der Waals surface area contributed by atoms with Gasteiger partial charge in [-0.25, -0.2) is 0 Å². The highest BCUT2D eigenvalue weighted by atomic mass is 79.9. The molecule has 0 radical (unpaired) electrons. The summed E-state index contributed by atoms with van der Waals surface area (Å²) in [6, 6.07) is 7.52. The molecule has 18 heavy (non-hydrogen) atoms. The standard InChI is InChI=1S/C14H18BrNO2/c15-13-3-1-2-12(8-13)14(18)9-16-6-4-11(10-17)5-7-16/h1-3,8,11,17H,4-7,9-10H2. The van der Waals surface area contributed by atoms with E-state index in [1.54, 1.807) is 0 Å². The van der Waals surface area contributed by atoms with Crippen LogP contribution in [0.3, 0.4) is 0 Å². The first-order valence-corrected chi connectivity index (χ1v) is 7.10. The summed E-state index contributed by atoms with van der Waals surface area (Å²) < 4.78 is 0.937. The van der Waals surface area contributed by atoms with E-state index in [9.17, 15) is 4.79 Å². The smallest absolute Gasteiger partial charge is 0.176 e. The van der Waals surface area contributed by atoms with E-state index in [4.69, 9.17) is 5.11 Å². The number of carbonyl (C=O) groups excluding carboxylic acids is 1. The minimum atomic E-state index is 0.166. The number of likely N-dealkylation sites (tertiary alicyclic amines) is 1. The lowest BCUT2D eigenvalue weighted by molar-refractivity contribution is 0.0864. The molecule has 0 amide bonds. The van der Waals surface area contributed by atoms with Crippen molar-refractivity contribution in [3.05, 3.63) is 34.3 Å². The molecular formula is C14H18BrNO2. The number of Topliss-reactive ketones (excluding diaryl/α,β-unsaturated/α-hetero) is 1. The van der Waals surface area contributed by atoms with Gasteiger partial charge in [-0.05, 0) is 44.0 Å². The Morgan fingerprint density at radius 3 is 2.72 bits per heavy atom. The zero-order valence-electron chi connectivity index (χ0n) is 10.3. The Morgan fingerprint density at radius 1 is 1.39 bits per heavy atom. The van der Waals surface area contributed by atoms with Crippen LogP contribution in [-0.4, -0.2) is 42.0 Å². The van der Waals surface area contributed by atoms with Crippen molar-refractivity contribution >= 4 is 21.7 Å². The monoisotopic (exact) mass is 311 g/mol. The van der Waals surface area contributed by atoms with Crippen LogP contribution in [0.15, 0.2) is 28.7 Å². The number of piperidine rings is 1. The molecule has 1 saturated heterocycles. The maximum atomic E-state index is 12.1. The third-order valence-electron chi connectivity index (χ3n) is 3.48. The van der Waals surface area contributed by atoms with Crippen molar-refractivity contribution in [1.82, 2.24) is 4.90 Å². The van der Waals surface area contributed by atoms with E-state index < -0.39 is 0 Å². The van der Waals surface area contributed by atoms with Crippen molar-refractivity contribution in [2.24, 2.45) is 5.92 Å². The van der Waals surface area contributed by atoms with Gasteiger partial charge in [-0.2, -0.15) is 0 Å². The number of hydrogen-bond acceptors (Lipinski definition) is 3. The molecule has 2 rings (SSSR count). The molecule has 0 aromatic heterocycles. The number of nitrogens with zero attached hydrogens (tertiary/aromatic N) is 1. The topological polar surface area (TPSA) is 40.5 Å². The Hall–Kier alpha value is -0.710. The number of carbonyl (C=O) groups is 1. The Labute approximate surface area is 116 Å². The molecule has 1 aromatic rings. The highest BCUT2D eigenvalue weighted by Gasteiger charge is 2.20. The fourth-order valence-electron chi connectivity index (χ4n) is 2.28. The molecule has 0 bridgehead atoms. The third kappa shape index (κ3) is 3.64. The molecule has 4 heteroatoms. The average molecular weight is 312 g/mol. The van der Waals surface area contributed by atoms with Gasteiger partial charge >= 0.3 is 0 Å². The molecular weight excluding hydrogens is 294 g/mol. The van der Waals surface area contributed by atoms with Crippen LogP contribution in [0.2, 0.25) is 0 Å². The Kier molecular flexibility index (Phi) is 4.92. The molecule has 0 saturated carbocycles. The molecule has 0 unspecified atom stereocenters. The van der Waals surface area contributed by atoms with Crippen LogP contribution in [0.5, 0.6) is 0 Å². The highest BCUT2D eigenvalue weighted by Crippen LogP contribution is 2.17. The molecule has 0 atom stereocenters. The van der Waals surface area contributed by atoms with E-state index in [-0.39, 0.29) is 12.4 Å². The lowest BCUT2D eigenvalue weighted by atomic mass is 9.97. The number of halogens is 1. The maximum absolute atomic E-state index is 12.1. The average Bonchev–Trinajstić information content (AvgIpc) is 2.39. The second-order valence-electron chi connectivity index (χ2n) is 4.84. The van der Waals surface area contributed by atoms with Crippen LogP contribution < -0.4 is 0 Å². The van der Waals surface area contributed by atoms with Crippen LogP contribution >= 0.6 is 15.9 Å². The van der Waals surface area contributed by atoms with Crippen molar-refractivity contribution in [3.63, 3.8) is 0 Å². The molecule has 1 heterocycles. The lowest BCUT2D eigenvalue weighted by Gasteiger charge is -2.30. The lowest BCUT2D eigenvalue weighted by Crippen LogP contribution is -2.38. The van der Waals surface area contributed by atoms with Crippen molar-refractivity contribution in [2.75, 3.05) is 26.2 Å². The Morgan fingerprint density at radius 2 is 2.11 bits per heavy atom. The van der Waals surface area contributed by atoms with Crippen molar-refractivity contribution in [2.45, 2.75) is 12.8 Å². The van der Waals surface area contributed by atoms with Gasteiger partial charge in [0.25, 0.3) is 0 Å². The summed E-state index contributed by atoms with van der Waals surface area (Å²) in [5, 5.41) is 9.08. The minimum absolute atomic E-state index is 0.166. The first-order chi connectivity index (χ1) is 8.69.